The van der Waals surface area contributed by atoms with Gasteiger partial charge in [-0.25, -0.2) is 4.79 Å². The van der Waals surface area contributed by atoms with E-state index in [1.54, 1.807) is 19.1 Å². The second-order valence-corrected chi connectivity index (χ2v) is 9.21. The Bertz CT molecular complexity index is 932. The summed E-state index contributed by atoms with van der Waals surface area (Å²) in [6.07, 6.45) is 1.04. The third-order valence-corrected chi connectivity index (χ3v) is 7.25. The number of methoxy groups -OCH3 is 2. The zero-order valence-electron chi connectivity index (χ0n) is 18.0. The standard InChI is InChI=1S/C25H29NO5/c1-29-25(30-2)14-24(15-25)11-17(27)12-26(16-24)23(28)31-13-22-20-9-5-3-7-18(20)19-8-4-6-10-21(19)22/h3-10,17,22,27H,11-16H2,1-2H3. The number of likely N-dealkylation sites (tertiary alicyclic amines) is 1. The highest BCUT2D eigenvalue weighted by molar-refractivity contribution is 5.79. The molecule has 2 aliphatic carbocycles. The van der Waals surface area contributed by atoms with Gasteiger partial charge in [-0.3, -0.25) is 0 Å². The number of amides is 1. The lowest BCUT2D eigenvalue weighted by molar-refractivity contribution is -0.307. The van der Waals surface area contributed by atoms with Gasteiger partial charge in [0.2, 0.25) is 0 Å². The molecule has 1 aliphatic heterocycles. The molecule has 0 aromatic heterocycles. The van der Waals surface area contributed by atoms with Crippen LogP contribution < -0.4 is 0 Å². The zero-order chi connectivity index (χ0) is 21.6. The monoisotopic (exact) mass is 423 g/mol. The first-order valence-corrected chi connectivity index (χ1v) is 10.9. The van der Waals surface area contributed by atoms with Crippen LogP contribution in [0.25, 0.3) is 11.1 Å². The Balaban J connectivity index is 1.28. The van der Waals surface area contributed by atoms with Crippen molar-refractivity contribution in [2.45, 2.75) is 37.1 Å². The molecule has 1 saturated carbocycles. The number of rotatable bonds is 4. The average molecular weight is 424 g/mol. The number of fused-ring (bicyclic) bond motifs is 3. The highest BCUT2D eigenvalue weighted by Crippen LogP contribution is 2.55. The number of piperidine rings is 1. The Labute approximate surface area is 182 Å². The van der Waals surface area contributed by atoms with Crippen LogP contribution in [0.1, 0.15) is 36.3 Å². The van der Waals surface area contributed by atoms with E-state index in [2.05, 4.69) is 24.3 Å². The number of nitrogens with zero attached hydrogens (tertiary/aromatic N) is 1. The molecule has 0 radical (unpaired) electrons. The fourth-order valence-corrected chi connectivity index (χ4v) is 5.90. The van der Waals surface area contributed by atoms with E-state index in [0.29, 0.717) is 32.4 Å². The summed E-state index contributed by atoms with van der Waals surface area (Å²) in [6.45, 7) is 1.13. The molecule has 1 unspecified atom stereocenters. The summed E-state index contributed by atoms with van der Waals surface area (Å²) in [6, 6.07) is 16.6. The maximum Gasteiger partial charge on any atom is 0.409 e. The molecule has 2 aromatic rings. The van der Waals surface area contributed by atoms with Crippen molar-refractivity contribution in [3.05, 3.63) is 59.7 Å². The van der Waals surface area contributed by atoms with Crippen molar-refractivity contribution < 1.29 is 24.1 Å². The van der Waals surface area contributed by atoms with Gasteiger partial charge < -0.3 is 24.2 Å². The summed E-state index contributed by atoms with van der Waals surface area (Å²) < 4.78 is 16.9. The van der Waals surface area contributed by atoms with E-state index in [0.717, 1.165) is 0 Å². The third-order valence-electron chi connectivity index (χ3n) is 7.25. The van der Waals surface area contributed by atoms with E-state index in [9.17, 15) is 9.90 Å². The Morgan fingerprint density at radius 1 is 1.03 bits per heavy atom. The predicted octanol–water partition coefficient (Wildman–Crippen LogP) is 3.77. The van der Waals surface area contributed by atoms with Crippen LogP contribution in [0.15, 0.2) is 48.5 Å². The SMILES string of the molecule is COC1(OC)CC2(CC(O)CN(C(=O)OCC3c4ccccc4-c4ccccc43)C2)C1. The van der Waals surface area contributed by atoms with Crippen LogP contribution in [0.2, 0.25) is 0 Å². The lowest BCUT2D eigenvalue weighted by atomic mass is 9.60. The van der Waals surface area contributed by atoms with Gasteiger partial charge in [0.25, 0.3) is 0 Å². The Morgan fingerprint density at radius 2 is 1.61 bits per heavy atom. The summed E-state index contributed by atoms with van der Waals surface area (Å²) in [5, 5.41) is 10.5. The fraction of sp³-hybridized carbons (Fsp3) is 0.480. The topological polar surface area (TPSA) is 68.2 Å². The van der Waals surface area contributed by atoms with E-state index >= 15 is 0 Å². The molecule has 3 aliphatic rings. The van der Waals surface area contributed by atoms with E-state index in [1.807, 2.05) is 24.3 Å². The number of benzene rings is 2. The van der Waals surface area contributed by atoms with Crippen molar-refractivity contribution in [2.24, 2.45) is 5.41 Å². The number of ether oxygens (including phenoxy) is 3. The molecule has 31 heavy (non-hydrogen) atoms. The van der Waals surface area contributed by atoms with Gasteiger partial charge in [0.05, 0.1) is 6.10 Å². The molecular weight excluding hydrogens is 394 g/mol. The van der Waals surface area contributed by atoms with Gasteiger partial charge in [0.1, 0.15) is 6.61 Å². The molecule has 2 fully saturated rings. The van der Waals surface area contributed by atoms with E-state index in [4.69, 9.17) is 14.2 Å². The lowest BCUT2D eigenvalue weighted by Crippen LogP contribution is -2.63. The Hall–Kier alpha value is -2.41. The average Bonchev–Trinajstić information content (AvgIpc) is 3.09. The molecule has 1 heterocycles. The second kappa shape index (κ2) is 7.62. The number of carbonyl (C=O) groups excluding carboxylic acids is 1. The van der Waals surface area contributed by atoms with Crippen LogP contribution in [0, 0.1) is 5.41 Å². The van der Waals surface area contributed by atoms with Crippen LogP contribution in [-0.4, -0.2) is 61.9 Å². The summed E-state index contributed by atoms with van der Waals surface area (Å²) >= 11 is 0. The lowest BCUT2D eigenvalue weighted by Gasteiger charge is -2.58. The van der Waals surface area contributed by atoms with Crippen LogP contribution in [-0.2, 0) is 14.2 Å². The summed E-state index contributed by atoms with van der Waals surface area (Å²) in [5.74, 6) is -0.581. The van der Waals surface area contributed by atoms with Crippen LogP contribution >= 0.6 is 0 Å². The van der Waals surface area contributed by atoms with Gasteiger partial charge in [0, 0.05) is 51.5 Å². The van der Waals surface area contributed by atoms with Crippen LogP contribution in [0.4, 0.5) is 4.79 Å². The largest absolute Gasteiger partial charge is 0.448 e. The molecule has 1 saturated heterocycles. The molecule has 2 aromatic carbocycles. The van der Waals surface area contributed by atoms with Gasteiger partial charge in [-0.05, 0) is 28.7 Å². The summed E-state index contributed by atoms with van der Waals surface area (Å²) in [7, 11) is 3.28. The molecule has 1 spiro atoms. The third kappa shape index (κ3) is 3.43. The normalized spacial score (nSPS) is 23.2. The van der Waals surface area contributed by atoms with Crippen molar-refractivity contribution in [1.29, 1.82) is 0 Å². The molecule has 1 amide bonds. The van der Waals surface area contributed by atoms with E-state index in [-0.39, 0.29) is 24.0 Å². The van der Waals surface area contributed by atoms with Crippen molar-refractivity contribution in [3.8, 4) is 11.1 Å². The first kappa shape index (κ1) is 20.5. The predicted molar refractivity (Wildman–Crippen MR) is 116 cm³/mol. The minimum Gasteiger partial charge on any atom is -0.448 e. The molecule has 0 bridgehead atoms. The van der Waals surface area contributed by atoms with Gasteiger partial charge in [-0.15, -0.1) is 0 Å². The number of hydrogen-bond donors (Lipinski definition) is 1. The molecule has 1 atom stereocenters. The van der Waals surface area contributed by atoms with Gasteiger partial charge in [0.15, 0.2) is 5.79 Å². The Morgan fingerprint density at radius 3 is 2.19 bits per heavy atom. The number of aliphatic hydroxyl groups is 1. The number of β-amino-alcohol motifs (C(OH)–C–C–N with tert-alkyl or cyclic N) is 1. The molecule has 1 N–H and O–H groups in total. The number of hydrogen-bond acceptors (Lipinski definition) is 5. The second-order valence-electron chi connectivity index (χ2n) is 9.21. The Kier molecular flexibility index (Phi) is 5.04. The maximum atomic E-state index is 13.0. The van der Waals surface area contributed by atoms with Gasteiger partial charge >= 0.3 is 6.09 Å². The van der Waals surface area contributed by atoms with Gasteiger partial charge in [-0.1, -0.05) is 48.5 Å². The highest BCUT2D eigenvalue weighted by Gasteiger charge is 2.59. The van der Waals surface area contributed by atoms with Gasteiger partial charge in [-0.2, -0.15) is 0 Å². The number of carbonyl (C=O) groups is 1. The maximum absolute atomic E-state index is 13.0. The summed E-state index contributed by atoms with van der Waals surface area (Å²) in [4.78, 5) is 14.6. The molecular formula is C25H29NO5. The molecule has 164 valence electrons. The minimum atomic E-state index is -0.607. The smallest absolute Gasteiger partial charge is 0.409 e. The quantitative estimate of drug-likeness (QED) is 0.759. The van der Waals surface area contributed by atoms with Crippen molar-refractivity contribution in [2.75, 3.05) is 33.9 Å². The van der Waals surface area contributed by atoms with Crippen molar-refractivity contribution in [3.63, 3.8) is 0 Å². The number of aliphatic hydroxyl groups excluding tert-OH is 1. The van der Waals surface area contributed by atoms with Crippen molar-refractivity contribution in [1.82, 2.24) is 4.90 Å². The zero-order valence-corrected chi connectivity index (χ0v) is 18.0. The van der Waals surface area contributed by atoms with E-state index in [1.165, 1.54) is 22.3 Å². The fourth-order valence-electron chi connectivity index (χ4n) is 5.90. The molecule has 6 nitrogen and oxygen atoms in total. The highest BCUT2D eigenvalue weighted by atomic mass is 16.7. The van der Waals surface area contributed by atoms with Crippen molar-refractivity contribution >= 4 is 6.09 Å². The first-order valence-electron chi connectivity index (χ1n) is 10.9. The van der Waals surface area contributed by atoms with Crippen LogP contribution in [0.3, 0.4) is 0 Å². The van der Waals surface area contributed by atoms with Crippen LogP contribution in [0.5, 0.6) is 0 Å². The minimum absolute atomic E-state index is 0.0263. The summed E-state index contributed by atoms with van der Waals surface area (Å²) in [5.41, 5.74) is 4.61. The first-order chi connectivity index (χ1) is 15.0. The molecule has 6 heteroatoms. The molecule has 5 rings (SSSR count). The van der Waals surface area contributed by atoms with E-state index < -0.39 is 11.9 Å².